The Morgan fingerprint density at radius 3 is 2.70 bits per heavy atom. The van der Waals surface area contributed by atoms with Gasteiger partial charge in [0, 0.05) is 11.4 Å². The fourth-order valence-electron chi connectivity index (χ4n) is 1.77. The summed E-state index contributed by atoms with van der Waals surface area (Å²) in [4.78, 5) is 23.5. The van der Waals surface area contributed by atoms with Crippen molar-refractivity contribution in [3.8, 4) is 6.07 Å². The Kier molecular flexibility index (Phi) is 5.21. The summed E-state index contributed by atoms with van der Waals surface area (Å²) in [6.45, 7) is 7.07. The summed E-state index contributed by atoms with van der Waals surface area (Å²) in [6, 6.07) is 3.58. The molecule has 106 valence electrons. The lowest BCUT2D eigenvalue weighted by Crippen LogP contribution is -2.24. The Labute approximate surface area is 117 Å². The van der Waals surface area contributed by atoms with Gasteiger partial charge in [-0.1, -0.05) is 0 Å². The molecule has 0 unspecified atom stereocenters. The number of esters is 1. The maximum atomic E-state index is 12.1. The van der Waals surface area contributed by atoms with E-state index in [2.05, 4.69) is 5.10 Å². The molecule has 0 radical (unpaired) electrons. The van der Waals surface area contributed by atoms with Crippen LogP contribution in [0.3, 0.4) is 0 Å². The highest BCUT2D eigenvalue weighted by Gasteiger charge is 2.11. The highest BCUT2D eigenvalue weighted by molar-refractivity contribution is 5.97. The van der Waals surface area contributed by atoms with Gasteiger partial charge in [0.2, 0.25) is 0 Å². The van der Waals surface area contributed by atoms with Gasteiger partial charge in [0.25, 0.3) is 5.56 Å². The van der Waals surface area contributed by atoms with Crippen molar-refractivity contribution in [3.05, 3.63) is 33.2 Å². The summed E-state index contributed by atoms with van der Waals surface area (Å²) >= 11 is 0. The molecule has 1 rings (SSSR count). The molecule has 20 heavy (non-hydrogen) atoms. The summed E-state index contributed by atoms with van der Waals surface area (Å²) < 4.78 is 5.95. The zero-order valence-corrected chi connectivity index (χ0v) is 12.1. The fourth-order valence-corrected chi connectivity index (χ4v) is 1.77. The first-order valence-corrected chi connectivity index (χ1v) is 6.24. The molecule has 6 nitrogen and oxygen atoms in total. The molecule has 0 aliphatic rings. The van der Waals surface area contributed by atoms with E-state index in [1.165, 1.54) is 0 Å². The molecule has 0 saturated carbocycles. The van der Waals surface area contributed by atoms with Gasteiger partial charge in [0.05, 0.1) is 13.0 Å². The maximum Gasteiger partial charge on any atom is 0.311 e. The van der Waals surface area contributed by atoms with Crippen LogP contribution in [0.2, 0.25) is 0 Å². The van der Waals surface area contributed by atoms with Gasteiger partial charge < -0.3 is 4.74 Å². The predicted octanol–water partition coefficient (Wildman–Crippen LogP) is 1.51. The number of nitriles is 1. The molecule has 1 aromatic heterocycles. The fraction of sp³-hybridized carbons (Fsp3) is 0.429. The van der Waals surface area contributed by atoms with Crippen LogP contribution in [0.25, 0.3) is 0 Å². The lowest BCUT2D eigenvalue weighted by molar-refractivity contribution is -0.141. The maximum absolute atomic E-state index is 12.1. The summed E-state index contributed by atoms with van der Waals surface area (Å²) in [7, 11) is 0. The van der Waals surface area contributed by atoms with E-state index in [1.807, 2.05) is 6.07 Å². The van der Waals surface area contributed by atoms with Crippen LogP contribution < -0.4 is 5.56 Å². The number of carbonyl (C=O) groups is 1. The summed E-state index contributed by atoms with van der Waals surface area (Å²) in [5.74, 6) is -0.396. The Balaban J connectivity index is 3.19. The molecular formula is C14H17N3O3. The Morgan fingerprint density at radius 1 is 1.50 bits per heavy atom. The minimum atomic E-state index is -0.479. The van der Waals surface area contributed by atoms with Crippen LogP contribution in [-0.4, -0.2) is 23.0 Å². The lowest BCUT2D eigenvalue weighted by atomic mass is 10.1. The first-order valence-electron chi connectivity index (χ1n) is 6.24. The first-order chi connectivity index (χ1) is 9.40. The second kappa shape index (κ2) is 6.66. The molecule has 0 aliphatic carbocycles. The third-order valence-electron chi connectivity index (χ3n) is 2.65. The van der Waals surface area contributed by atoms with E-state index in [0.717, 1.165) is 4.68 Å². The van der Waals surface area contributed by atoms with E-state index in [4.69, 9.17) is 10.00 Å². The molecular weight excluding hydrogens is 258 g/mol. The Bertz CT molecular complexity index is 651. The zero-order valence-electron chi connectivity index (χ0n) is 12.1. The SMILES string of the molecule is CCOC(=O)C/C(C)=N\n1c(C)cc(C)c(C#N)c1=O. The monoisotopic (exact) mass is 275 g/mol. The van der Waals surface area contributed by atoms with Crippen molar-refractivity contribution in [2.24, 2.45) is 5.10 Å². The van der Waals surface area contributed by atoms with Crippen molar-refractivity contribution >= 4 is 11.7 Å². The number of pyridine rings is 1. The van der Waals surface area contributed by atoms with Gasteiger partial charge >= 0.3 is 5.97 Å². The normalized spacial score (nSPS) is 11.1. The number of carbonyl (C=O) groups excluding carboxylic acids is 1. The van der Waals surface area contributed by atoms with Gasteiger partial charge in [-0.05, 0) is 39.3 Å². The number of aromatic nitrogens is 1. The molecule has 0 aliphatic heterocycles. The Hall–Kier alpha value is -2.42. The largest absolute Gasteiger partial charge is 0.466 e. The van der Waals surface area contributed by atoms with Gasteiger partial charge in [-0.25, -0.2) is 4.68 Å². The second-order valence-corrected chi connectivity index (χ2v) is 4.39. The number of aryl methyl sites for hydroxylation is 2. The van der Waals surface area contributed by atoms with Crippen molar-refractivity contribution in [2.75, 3.05) is 6.61 Å². The van der Waals surface area contributed by atoms with Crippen LogP contribution in [0.15, 0.2) is 16.0 Å². The average Bonchev–Trinajstić information content (AvgIpc) is 2.35. The van der Waals surface area contributed by atoms with Crippen molar-refractivity contribution in [1.82, 2.24) is 4.68 Å². The summed E-state index contributed by atoms with van der Waals surface area (Å²) in [5.41, 5.74) is 1.25. The topological polar surface area (TPSA) is 84.4 Å². The van der Waals surface area contributed by atoms with E-state index >= 15 is 0 Å². The van der Waals surface area contributed by atoms with Crippen molar-refractivity contribution < 1.29 is 9.53 Å². The van der Waals surface area contributed by atoms with Crippen LogP contribution >= 0.6 is 0 Å². The van der Waals surface area contributed by atoms with Crippen LogP contribution in [0.1, 0.15) is 37.1 Å². The standard InChI is InChI=1S/C14H17N3O3/c1-5-20-13(18)7-10(3)16-17-11(4)6-9(2)12(8-15)14(17)19/h6H,5,7H2,1-4H3/b16-10-. The van der Waals surface area contributed by atoms with Crippen LogP contribution in [0, 0.1) is 25.2 Å². The van der Waals surface area contributed by atoms with Gasteiger partial charge in [0.1, 0.15) is 11.6 Å². The minimum absolute atomic E-state index is 0.00941. The molecule has 0 spiro atoms. The second-order valence-electron chi connectivity index (χ2n) is 4.39. The smallest absolute Gasteiger partial charge is 0.311 e. The quantitative estimate of drug-likeness (QED) is 0.616. The summed E-state index contributed by atoms with van der Waals surface area (Å²) in [6.07, 6.45) is 0.00941. The van der Waals surface area contributed by atoms with Crippen LogP contribution in [0.5, 0.6) is 0 Å². The van der Waals surface area contributed by atoms with E-state index in [1.54, 1.807) is 33.8 Å². The molecule has 0 atom stereocenters. The summed E-state index contributed by atoms with van der Waals surface area (Å²) in [5, 5.41) is 13.1. The molecule has 0 bridgehead atoms. The van der Waals surface area contributed by atoms with Crippen molar-refractivity contribution in [1.29, 1.82) is 5.26 Å². The minimum Gasteiger partial charge on any atom is -0.466 e. The average molecular weight is 275 g/mol. The molecule has 0 amide bonds. The number of hydrogen-bond acceptors (Lipinski definition) is 5. The zero-order chi connectivity index (χ0) is 15.3. The molecule has 1 heterocycles. The van der Waals surface area contributed by atoms with Crippen LogP contribution in [0.4, 0.5) is 0 Å². The lowest BCUT2D eigenvalue weighted by Gasteiger charge is -2.08. The highest BCUT2D eigenvalue weighted by Crippen LogP contribution is 2.05. The molecule has 0 saturated heterocycles. The first kappa shape index (κ1) is 15.6. The van der Waals surface area contributed by atoms with Crippen LogP contribution in [-0.2, 0) is 9.53 Å². The highest BCUT2D eigenvalue weighted by atomic mass is 16.5. The van der Waals surface area contributed by atoms with Gasteiger partial charge in [-0.3, -0.25) is 9.59 Å². The third kappa shape index (κ3) is 3.54. The Morgan fingerprint density at radius 2 is 2.15 bits per heavy atom. The van der Waals surface area contributed by atoms with E-state index in [-0.39, 0.29) is 12.0 Å². The number of nitrogens with zero attached hydrogens (tertiary/aromatic N) is 3. The molecule has 0 N–H and O–H groups in total. The molecule has 0 aromatic carbocycles. The number of rotatable bonds is 4. The van der Waals surface area contributed by atoms with Gasteiger partial charge in [0.15, 0.2) is 0 Å². The van der Waals surface area contributed by atoms with E-state index in [9.17, 15) is 9.59 Å². The van der Waals surface area contributed by atoms with Crippen molar-refractivity contribution in [2.45, 2.75) is 34.1 Å². The number of ether oxygens (including phenoxy) is 1. The molecule has 1 aromatic rings. The van der Waals surface area contributed by atoms with E-state index in [0.29, 0.717) is 23.6 Å². The predicted molar refractivity (Wildman–Crippen MR) is 74.6 cm³/mol. The molecule has 0 fully saturated rings. The number of hydrogen-bond donors (Lipinski definition) is 0. The van der Waals surface area contributed by atoms with Crippen molar-refractivity contribution in [3.63, 3.8) is 0 Å². The third-order valence-corrected chi connectivity index (χ3v) is 2.65. The van der Waals surface area contributed by atoms with Gasteiger partial charge in [-0.15, -0.1) is 0 Å². The molecule has 6 heteroatoms. The van der Waals surface area contributed by atoms with E-state index < -0.39 is 11.5 Å². The van der Waals surface area contributed by atoms with Gasteiger partial charge in [-0.2, -0.15) is 10.4 Å².